The van der Waals surface area contributed by atoms with Crippen molar-refractivity contribution in [2.24, 2.45) is 5.92 Å². The van der Waals surface area contributed by atoms with Crippen molar-refractivity contribution in [1.29, 1.82) is 0 Å². The maximum absolute atomic E-state index is 13.3. The molecule has 1 atom stereocenters. The summed E-state index contributed by atoms with van der Waals surface area (Å²) in [6.45, 7) is 2.83. The molecule has 1 unspecified atom stereocenters. The summed E-state index contributed by atoms with van der Waals surface area (Å²) in [6, 6.07) is 1.01. The minimum Gasteiger partial charge on any atom is -0.338 e. The highest BCUT2D eigenvalue weighted by molar-refractivity contribution is 8.13. The molecule has 0 N–H and O–H groups in total. The van der Waals surface area contributed by atoms with Crippen LogP contribution < -0.4 is 0 Å². The number of hydrogen-bond acceptors (Lipinski definition) is 3. The van der Waals surface area contributed by atoms with Crippen LogP contribution in [0.1, 0.15) is 23.7 Å². The van der Waals surface area contributed by atoms with E-state index in [1.165, 1.54) is 4.90 Å². The van der Waals surface area contributed by atoms with Crippen LogP contribution in [0.4, 0.5) is 8.78 Å². The second kappa shape index (κ2) is 5.29. The lowest BCUT2D eigenvalue weighted by atomic mass is 10.1. The number of hydrogen-bond donors (Lipinski definition) is 0. The molecule has 0 spiro atoms. The third-order valence-corrected chi connectivity index (χ3v) is 4.59. The molecule has 20 heavy (non-hydrogen) atoms. The van der Waals surface area contributed by atoms with Gasteiger partial charge in [0.2, 0.25) is 0 Å². The summed E-state index contributed by atoms with van der Waals surface area (Å²) in [4.78, 5) is 12.9. The fourth-order valence-corrected chi connectivity index (χ4v) is 3.22. The Morgan fingerprint density at radius 2 is 1.95 bits per heavy atom. The maximum atomic E-state index is 13.3. The molecule has 4 nitrogen and oxygen atoms in total. The average molecular weight is 324 g/mol. The first kappa shape index (κ1) is 15.2. The molecule has 0 aliphatic carbocycles. The van der Waals surface area contributed by atoms with Crippen LogP contribution in [0.3, 0.4) is 0 Å². The van der Waals surface area contributed by atoms with Crippen molar-refractivity contribution < 1.29 is 22.0 Å². The van der Waals surface area contributed by atoms with Crippen LogP contribution in [-0.2, 0) is 9.05 Å². The molecule has 1 heterocycles. The zero-order valence-electron chi connectivity index (χ0n) is 10.6. The third-order valence-electron chi connectivity index (χ3n) is 3.23. The van der Waals surface area contributed by atoms with Crippen LogP contribution in [0.5, 0.6) is 0 Å². The Labute approximate surface area is 119 Å². The van der Waals surface area contributed by atoms with E-state index in [0.29, 0.717) is 25.2 Å². The van der Waals surface area contributed by atoms with Gasteiger partial charge in [-0.2, -0.15) is 0 Å². The Balaban J connectivity index is 2.50. The highest BCUT2D eigenvalue weighted by atomic mass is 35.7. The normalized spacial score (nSPS) is 19.4. The van der Waals surface area contributed by atoms with Crippen LogP contribution in [0, 0.1) is 17.6 Å². The minimum absolute atomic E-state index is 0.278. The average Bonchev–Trinajstić information content (AvgIpc) is 2.76. The second-order valence-electron chi connectivity index (χ2n) is 4.85. The molecule has 0 bridgehead atoms. The lowest BCUT2D eigenvalue weighted by molar-refractivity contribution is 0.0783. The van der Waals surface area contributed by atoms with Gasteiger partial charge in [-0.15, -0.1) is 0 Å². The monoisotopic (exact) mass is 323 g/mol. The van der Waals surface area contributed by atoms with E-state index in [0.717, 1.165) is 6.42 Å². The van der Waals surface area contributed by atoms with Crippen molar-refractivity contribution in [2.45, 2.75) is 18.2 Å². The van der Waals surface area contributed by atoms with E-state index in [-0.39, 0.29) is 5.92 Å². The first-order valence-corrected chi connectivity index (χ1v) is 8.24. The van der Waals surface area contributed by atoms with E-state index in [1.807, 2.05) is 6.92 Å². The molecule has 0 aromatic heterocycles. The van der Waals surface area contributed by atoms with Crippen molar-refractivity contribution in [3.8, 4) is 0 Å². The van der Waals surface area contributed by atoms with Crippen LogP contribution in [0.25, 0.3) is 0 Å². The van der Waals surface area contributed by atoms with Gasteiger partial charge in [0.05, 0.1) is 10.5 Å². The molecule has 1 aromatic carbocycles. The second-order valence-corrected chi connectivity index (χ2v) is 7.38. The third kappa shape index (κ3) is 2.93. The van der Waals surface area contributed by atoms with E-state index >= 15 is 0 Å². The number of likely N-dealkylation sites (tertiary alicyclic amines) is 1. The molecule has 1 aliphatic rings. The number of nitrogens with zero attached hydrogens (tertiary/aromatic N) is 1. The van der Waals surface area contributed by atoms with Gasteiger partial charge in [0.25, 0.3) is 15.0 Å². The first-order valence-electron chi connectivity index (χ1n) is 5.93. The van der Waals surface area contributed by atoms with Gasteiger partial charge in [-0.05, 0) is 24.5 Å². The topological polar surface area (TPSA) is 54.5 Å². The molecule has 1 aliphatic heterocycles. The van der Waals surface area contributed by atoms with Gasteiger partial charge < -0.3 is 4.90 Å². The Hall–Kier alpha value is -1.21. The van der Waals surface area contributed by atoms with E-state index < -0.39 is 37.1 Å². The van der Waals surface area contributed by atoms with Crippen molar-refractivity contribution >= 4 is 25.6 Å². The molecule has 0 radical (unpaired) electrons. The Morgan fingerprint density at radius 1 is 1.35 bits per heavy atom. The number of carbonyl (C=O) groups excluding carboxylic acids is 1. The molecule has 1 aromatic rings. The van der Waals surface area contributed by atoms with Gasteiger partial charge in [0, 0.05) is 23.8 Å². The zero-order valence-corrected chi connectivity index (χ0v) is 12.1. The predicted octanol–water partition coefficient (Wildman–Crippen LogP) is 2.37. The van der Waals surface area contributed by atoms with E-state index in [1.54, 1.807) is 0 Å². The summed E-state index contributed by atoms with van der Waals surface area (Å²) >= 11 is 0. The predicted molar refractivity (Wildman–Crippen MR) is 69.1 cm³/mol. The lowest BCUT2D eigenvalue weighted by Crippen LogP contribution is -2.29. The summed E-state index contributed by atoms with van der Waals surface area (Å²) in [5, 5.41) is 0. The van der Waals surface area contributed by atoms with Gasteiger partial charge >= 0.3 is 0 Å². The van der Waals surface area contributed by atoms with Crippen LogP contribution in [0.15, 0.2) is 17.0 Å². The fourth-order valence-electron chi connectivity index (χ4n) is 2.19. The largest absolute Gasteiger partial charge is 0.338 e. The Kier molecular flexibility index (Phi) is 4.02. The summed E-state index contributed by atoms with van der Waals surface area (Å²) in [6.07, 6.45) is 0.776. The maximum Gasteiger partial charge on any atom is 0.262 e. The molecular weight excluding hydrogens is 312 g/mol. The van der Waals surface area contributed by atoms with Gasteiger partial charge in [0.1, 0.15) is 0 Å². The van der Waals surface area contributed by atoms with Crippen molar-refractivity contribution in [2.75, 3.05) is 13.1 Å². The van der Waals surface area contributed by atoms with Crippen LogP contribution >= 0.6 is 10.7 Å². The highest BCUT2D eigenvalue weighted by Crippen LogP contribution is 2.26. The number of benzene rings is 1. The summed E-state index contributed by atoms with van der Waals surface area (Å²) < 4.78 is 49.3. The molecule has 110 valence electrons. The van der Waals surface area contributed by atoms with Gasteiger partial charge in [-0.3, -0.25) is 4.79 Å². The molecule has 2 rings (SSSR count). The van der Waals surface area contributed by atoms with Crippen molar-refractivity contribution in [1.82, 2.24) is 4.90 Å². The molecule has 1 saturated heterocycles. The van der Waals surface area contributed by atoms with Crippen molar-refractivity contribution in [3.63, 3.8) is 0 Å². The Bertz CT molecular complexity index is 663. The zero-order chi connectivity index (χ0) is 15.1. The number of rotatable bonds is 2. The lowest BCUT2D eigenvalue weighted by Gasteiger charge is -2.17. The molecule has 1 fully saturated rings. The number of carbonyl (C=O) groups is 1. The number of halogens is 3. The molecule has 8 heteroatoms. The summed E-state index contributed by atoms with van der Waals surface area (Å²) in [7, 11) is 0.837. The Morgan fingerprint density at radius 3 is 2.45 bits per heavy atom. The van der Waals surface area contributed by atoms with E-state index in [2.05, 4.69) is 0 Å². The molecule has 1 amide bonds. The summed E-state index contributed by atoms with van der Waals surface area (Å²) in [5.41, 5.74) is -0.437. The van der Waals surface area contributed by atoms with E-state index in [4.69, 9.17) is 10.7 Å². The fraction of sp³-hybridized carbons (Fsp3) is 0.417. The van der Waals surface area contributed by atoms with Crippen LogP contribution in [0.2, 0.25) is 0 Å². The van der Waals surface area contributed by atoms with Gasteiger partial charge in [-0.25, -0.2) is 17.2 Å². The molecular formula is C12H12ClF2NO3S. The highest BCUT2D eigenvalue weighted by Gasteiger charge is 2.30. The quantitative estimate of drug-likeness (QED) is 0.785. The minimum atomic E-state index is -4.34. The standard InChI is InChI=1S/C12H12ClF2NO3S/c1-7-2-3-16(6-7)12(17)8-4-9(14)10(15)5-11(8)20(13,18)19/h4-5,7H,2-3,6H2,1H3. The van der Waals surface area contributed by atoms with Gasteiger partial charge in [0.15, 0.2) is 11.6 Å². The molecule has 0 saturated carbocycles. The summed E-state index contributed by atoms with van der Waals surface area (Å²) in [5.74, 6) is -3.03. The van der Waals surface area contributed by atoms with Gasteiger partial charge in [-0.1, -0.05) is 6.92 Å². The first-order chi connectivity index (χ1) is 9.20. The van der Waals surface area contributed by atoms with Crippen molar-refractivity contribution in [3.05, 3.63) is 29.3 Å². The van der Waals surface area contributed by atoms with E-state index in [9.17, 15) is 22.0 Å². The number of amides is 1. The SMILES string of the molecule is CC1CCN(C(=O)c2cc(F)c(F)cc2S(=O)(=O)Cl)C1. The van der Waals surface area contributed by atoms with Crippen LogP contribution in [-0.4, -0.2) is 32.3 Å². The smallest absolute Gasteiger partial charge is 0.262 e.